The normalized spacial score (nSPS) is 24.9. The van der Waals surface area contributed by atoms with Crippen LogP contribution in [-0.2, 0) is 0 Å². The van der Waals surface area contributed by atoms with Gasteiger partial charge in [-0.1, -0.05) is 25.1 Å². The molecule has 2 aromatic rings. The third-order valence-corrected chi connectivity index (χ3v) is 4.51. The molecule has 0 radical (unpaired) electrons. The van der Waals surface area contributed by atoms with Crippen LogP contribution in [0.5, 0.6) is 0 Å². The van der Waals surface area contributed by atoms with E-state index in [2.05, 4.69) is 29.2 Å². The Hall–Kier alpha value is -2.17. The predicted molar refractivity (Wildman–Crippen MR) is 84.9 cm³/mol. The van der Waals surface area contributed by atoms with E-state index in [0.29, 0.717) is 0 Å². The maximum atomic E-state index is 12.4. The number of hydrogen-bond acceptors (Lipinski definition) is 3. The smallest absolute Gasteiger partial charge is 0.291 e. The quantitative estimate of drug-likeness (QED) is 0.947. The summed E-state index contributed by atoms with van der Waals surface area (Å²) < 4.78 is 1.63. The number of carbonyl (C=O) groups is 1. The first-order chi connectivity index (χ1) is 10.6. The molecule has 1 aromatic carbocycles. The number of nitrogens with zero attached hydrogens (tertiary/aromatic N) is 3. The maximum Gasteiger partial charge on any atom is 0.291 e. The molecule has 3 rings (SSSR count). The van der Waals surface area contributed by atoms with Crippen LogP contribution in [0.25, 0.3) is 5.69 Å². The lowest BCUT2D eigenvalue weighted by Crippen LogP contribution is -2.48. The number of hydrogen-bond donors (Lipinski definition) is 1. The van der Waals surface area contributed by atoms with Crippen LogP contribution < -0.4 is 5.32 Å². The molecule has 1 amide bonds. The van der Waals surface area contributed by atoms with E-state index >= 15 is 0 Å². The summed E-state index contributed by atoms with van der Waals surface area (Å²) >= 11 is 0. The number of carbonyl (C=O) groups excluding carboxylic acids is 1. The first kappa shape index (κ1) is 14.8. The van der Waals surface area contributed by atoms with Crippen molar-refractivity contribution in [2.75, 3.05) is 0 Å². The van der Waals surface area contributed by atoms with E-state index in [0.717, 1.165) is 37.3 Å². The monoisotopic (exact) mass is 298 g/mol. The van der Waals surface area contributed by atoms with Crippen molar-refractivity contribution in [2.24, 2.45) is 5.92 Å². The minimum absolute atomic E-state index is 0.137. The lowest BCUT2D eigenvalue weighted by molar-refractivity contribution is 0.0859. The zero-order valence-electron chi connectivity index (χ0n) is 13.1. The fraction of sp³-hybridized carbons (Fsp3) is 0.471. The van der Waals surface area contributed by atoms with Crippen molar-refractivity contribution < 1.29 is 4.79 Å². The number of benzene rings is 1. The van der Waals surface area contributed by atoms with Crippen LogP contribution in [0.3, 0.4) is 0 Å². The van der Waals surface area contributed by atoms with Gasteiger partial charge >= 0.3 is 0 Å². The highest BCUT2D eigenvalue weighted by atomic mass is 16.2. The molecule has 1 saturated carbocycles. The Bertz CT molecular complexity index is 642. The third-order valence-electron chi connectivity index (χ3n) is 4.51. The Balaban J connectivity index is 1.70. The van der Waals surface area contributed by atoms with E-state index in [-0.39, 0.29) is 17.3 Å². The highest BCUT2D eigenvalue weighted by molar-refractivity contribution is 5.90. The molecule has 116 valence electrons. The molecule has 0 aliphatic heterocycles. The molecule has 1 aliphatic carbocycles. The van der Waals surface area contributed by atoms with Gasteiger partial charge in [0.05, 0.1) is 5.69 Å². The van der Waals surface area contributed by atoms with Gasteiger partial charge in [-0.3, -0.25) is 4.79 Å². The number of para-hydroxylation sites is 1. The molecular weight excluding hydrogens is 276 g/mol. The van der Waals surface area contributed by atoms with Gasteiger partial charge in [-0.15, -0.1) is 5.10 Å². The van der Waals surface area contributed by atoms with Crippen LogP contribution in [-0.4, -0.2) is 26.2 Å². The predicted octanol–water partition coefficient (Wildman–Crippen LogP) is 2.97. The van der Waals surface area contributed by atoms with Crippen LogP contribution in [0.15, 0.2) is 36.7 Å². The Morgan fingerprint density at radius 1 is 1.27 bits per heavy atom. The number of rotatable bonds is 3. The Kier molecular flexibility index (Phi) is 3.96. The van der Waals surface area contributed by atoms with Gasteiger partial charge < -0.3 is 5.32 Å². The van der Waals surface area contributed by atoms with Crippen molar-refractivity contribution in [3.05, 3.63) is 42.5 Å². The summed E-state index contributed by atoms with van der Waals surface area (Å²) in [6.45, 7) is 4.38. The fourth-order valence-electron chi connectivity index (χ4n) is 2.93. The minimum Gasteiger partial charge on any atom is -0.344 e. The highest BCUT2D eigenvalue weighted by Crippen LogP contribution is 2.31. The maximum absolute atomic E-state index is 12.4. The van der Waals surface area contributed by atoms with Gasteiger partial charge in [0.1, 0.15) is 6.33 Å². The molecule has 1 heterocycles. The van der Waals surface area contributed by atoms with Crippen molar-refractivity contribution in [1.82, 2.24) is 20.1 Å². The van der Waals surface area contributed by atoms with Crippen molar-refractivity contribution in [3.8, 4) is 5.69 Å². The van der Waals surface area contributed by atoms with Crippen LogP contribution >= 0.6 is 0 Å². The average Bonchev–Trinajstić information content (AvgIpc) is 3.01. The van der Waals surface area contributed by atoms with Crippen LogP contribution in [0.2, 0.25) is 0 Å². The zero-order valence-corrected chi connectivity index (χ0v) is 13.1. The minimum atomic E-state index is -0.188. The van der Waals surface area contributed by atoms with Gasteiger partial charge in [0, 0.05) is 5.54 Å². The van der Waals surface area contributed by atoms with Crippen molar-refractivity contribution >= 4 is 5.91 Å². The van der Waals surface area contributed by atoms with E-state index in [1.165, 1.54) is 0 Å². The number of amides is 1. The van der Waals surface area contributed by atoms with Gasteiger partial charge in [-0.2, -0.15) is 0 Å². The average molecular weight is 298 g/mol. The lowest BCUT2D eigenvalue weighted by atomic mass is 9.78. The van der Waals surface area contributed by atoms with E-state index < -0.39 is 0 Å². The van der Waals surface area contributed by atoms with Crippen molar-refractivity contribution in [1.29, 1.82) is 0 Å². The molecule has 0 bridgehead atoms. The van der Waals surface area contributed by atoms with Gasteiger partial charge in [0.25, 0.3) is 5.91 Å². The van der Waals surface area contributed by atoms with Gasteiger partial charge in [0.2, 0.25) is 5.82 Å². The van der Waals surface area contributed by atoms with Crippen LogP contribution in [0, 0.1) is 5.92 Å². The second kappa shape index (κ2) is 5.91. The third kappa shape index (κ3) is 3.18. The highest BCUT2D eigenvalue weighted by Gasteiger charge is 2.32. The zero-order chi connectivity index (χ0) is 15.6. The molecule has 5 heteroatoms. The largest absolute Gasteiger partial charge is 0.344 e. The van der Waals surface area contributed by atoms with Crippen LogP contribution in [0.1, 0.15) is 50.1 Å². The van der Waals surface area contributed by atoms with Crippen molar-refractivity contribution in [2.45, 2.75) is 45.1 Å². The molecule has 1 fully saturated rings. The molecule has 0 spiro atoms. The molecule has 5 nitrogen and oxygen atoms in total. The molecule has 0 unspecified atom stereocenters. The SMILES string of the molecule is CC1CCC(C)(NC(=O)c2ncn(-c3ccccc3)n2)CC1. The molecule has 0 saturated heterocycles. The molecule has 22 heavy (non-hydrogen) atoms. The standard InChI is InChI=1S/C17H22N4O/c1-13-8-10-17(2,11-9-13)19-16(22)15-18-12-21(20-15)14-6-4-3-5-7-14/h3-7,12-13H,8-11H2,1-2H3,(H,19,22). The summed E-state index contributed by atoms with van der Waals surface area (Å²) in [5, 5.41) is 7.41. The summed E-state index contributed by atoms with van der Waals surface area (Å²) in [5.74, 6) is 0.788. The second-order valence-corrected chi connectivity index (χ2v) is 6.55. The van der Waals surface area contributed by atoms with Gasteiger partial charge in [-0.05, 0) is 50.7 Å². The Labute approximate surface area is 130 Å². The number of aromatic nitrogens is 3. The summed E-state index contributed by atoms with van der Waals surface area (Å²) in [5.41, 5.74) is 0.758. The van der Waals surface area contributed by atoms with E-state index in [1.807, 2.05) is 30.3 Å². The fourth-order valence-corrected chi connectivity index (χ4v) is 2.93. The molecular formula is C17H22N4O. The molecule has 1 aromatic heterocycles. The van der Waals surface area contributed by atoms with E-state index in [4.69, 9.17) is 0 Å². The summed E-state index contributed by atoms with van der Waals surface area (Å²) in [7, 11) is 0. The van der Waals surface area contributed by atoms with E-state index in [9.17, 15) is 4.79 Å². The summed E-state index contributed by atoms with van der Waals surface area (Å²) in [6, 6.07) is 9.67. The topological polar surface area (TPSA) is 59.8 Å². The first-order valence-corrected chi connectivity index (χ1v) is 7.85. The van der Waals surface area contributed by atoms with Crippen molar-refractivity contribution in [3.63, 3.8) is 0 Å². The van der Waals surface area contributed by atoms with E-state index in [1.54, 1.807) is 11.0 Å². The number of nitrogens with one attached hydrogen (secondary N) is 1. The van der Waals surface area contributed by atoms with Gasteiger partial charge in [-0.25, -0.2) is 9.67 Å². The molecule has 0 atom stereocenters. The Morgan fingerprint density at radius 3 is 2.64 bits per heavy atom. The molecule has 1 N–H and O–H groups in total. The van der Waals surface area contributed by atoms with Gasteiger partial charge in [0.15, 0.2) is 0 Å². The summed E-state index contributed by atoms with van der Waals surface area (Å²) in [6.07, 6.45) is 5.92. The Morgan fingerprint density at radius 2 is 1.95 bits per heavy atom. The lowest BCUT2D eigenvalue weighted by Gasteiger charge is -2.36. The first-order valence-electron chi connectivity index (χ1n) is 7.85. The second-order valence-electron chi connectivity index (χ2n) is 6.55. The molecule has 1 aliphatic rings. The van der Waals surface area contributed by atoms with Crippen LogP contribution in [0.4, 0.5) is 0 Å². The summed E-state index contributed by atoms with van der Waals surface area (Å²) in [4.78, 5) is 16.5.